The van der Waals surface area contributed by atoms with Gasteiger partial charge in [-0.1, -0.05) is 53.2 Å². The molecule has 0 radical (unpaired) electrons. The van der Waals surface area contributed by atoms with E-state index in [1.807, 2.05) is 6.92 Å². The summed E-state index contributed by atoms with van der Waals surface area (Å²) in [4.78, 5) is 15.5. The lowest BCUT2D eigenvalue weighted by molar-refractivity contribution is -0.372. The number of esters is 1. The number of hydrogen-bond acceptors (Lipinski definition) is 30. The summed E-state index contributed by atoms with van der Waals surface area (Å²) in [6.07, 6.45) is -34.9. The average Bonchev–Trinajstić information content (AvgIpc) is 0.730. The molecule has 11 aliphatic rings. The van der Waals surface area contributed by atoms with Crippen LogP contribution in [0.4, 0.5) is 0 Å². The number of hydrogen-bond donors (Lipinski definition) is 17. The van der Waals surface area contributed by atoms with Gasteiger partial charge in [-0.2, -0.15) is 0 Å². The van der Waals surface area contributed by atoms with Gasteiger partial charge in [0.2, 0.25) is 6.29 Å². The maximum atomic E-state index is 15.5. The minimum absolute atomic E-state index is 0.0832. The van der Waals surface area contributed by atoms with Crippen LogP contribution in [0.1, 0.15) is 106 Å². The molecule has 0 aromatic heterocycles. The number of carbonyl (C=O) groups is 1. The van der Waals surface area contributed by atoms with Gasteiger partial charge in [-0.15, -0.1) is 0 Å². The molecule has 2 unspecified atom stereocenters. The Labute approximate surface area is 532 Å². The van der Waals surface area contributed by atoms with Crippen LogP contribution in [0, 0.1) is 50.2 Å². The highest BCUT2D eigenvalue weighted by Gasteiger charge is 2.72. The summed E-state index contributed by atoms with van der Waals surface area (Å²) in [5.41, 5.74) is -5.06. The third-order valence-corrected chi connectivity index (χ3v) is 24.3. The Morgan fingerprint density at radius 3 is 1.79 bits per heavy atom. The van der Waals surface area contributed by atoms with E-state index in [9.17, 15) is 86.8 Å². The second-order valence-electron chi connectivity index (χ2n) is 30.2. The molecule has 0 aromatic rings. The zero-order valence-corrected chi connectivity index (χ0v) is 53.0. The lowest BCUT2D eigenvalue weighted by atomic mass is 9.33. The summed E-state index contributed by atoms with van der Waals surface area (Å²) in [7, 11) is 0. The molecule has 0 aromatic carbocycles. The Balaban J connectivity index is 0.785. The van der Waals surface area contributed by atoms with Gasteiger partial charge in [0.1, 0.15) is 103 Å². The Bertz CT molecular complexity index is 2610. The highest BCUT2D eigenvalue weighted by molar-refractivity contribution is 5.79. The van der Waals surface area contributed by atoms with Gasteiger partial charge < -0.3 is 144 Å². The predicted octanol–water partition coefficient (Wildman–Crippen LogP) is -4.86. The van der Waals surface area contributed by atoms with Crippen LogP contribution in [-0.2, 0) is 61.6 Å². The topological polar surface area (TPSA) is 472 Å². The minimum Gasteiger partial charge on any atom is -0.432 e. The Morgan fingerprint density at radius 1 is 0.543 bits per heavy atom. The fourth-order valence-corrected chi connectivity index (χ4v) is 18.5. The van der Waals surface area contributed by atoms with E-state index in [-0.39, 0.29) is 29.6 Å². The van der Waals surface area contributed by atoms with E-state index in [2.05, 4.69) is 40.7 Å². The quantitative estimate of drug-likeness (QED) is 0.0415. The fourth-order valence-electron chi connectivity index (χ4n) is 18.5. The zero-order valence-electron chi connectivity index (χ0n) is 53.0. The van der Waals surface area contributed by atoms with Gasteiger partial charge in [-0.25, -0.2) is 0 Å². The first-order chi connectivity index (χ1) is 43.2. The van der Waals surface area contributed by atoms with Crippen LogP contribution in [0.25, 0.3) is 0 Å². The van der Waals surface area contributed by atoms with Crippen LogP contribution in [0.5, 0.6) is 0 Å². The van der Waals surface area contributed by atoms with Crippen molar-refractivity contribution in [2.24, 2.45) is 50.2 Å². The van der Waals surface area contributed by atoms with Gasteiger partial charge in [0.05, 0.1) is 70.0 Å². The highest BCUT2D eigenvalue weighted by atomic mass is 16.8. The van der Waals surface area contributed by atoms with E-state index in [1.165, 1.54) is 6.92 Å². The van der Waals surface area contributed by atoms with Crippen LogP contribution in [0.3, 0.4) is 0 Å². The molecule has 0 spiro atoms. The number of aliphatic hydroxyl groups excluding tert-OH is 16. The molecule has 11 rings (SSSR count). The first kappa shape index (κ1) is 71.4. The number of carbonyl (C=O) groups excluding carboxylic acids is 1. The number of rotatable bonds is 15. The van der Waals surface area contributed by atoms with Gasteiger partial charge in [0.15, 0.2) is 37.6 Å². The number of fused-ring (bicyclic) bond motifs is 7. The molecule has 10 fully saturated rings. The summed E-state index contributed by atoms with van der Waals surface area (Å²) in [5.74, 6) is -1.33. The van der Waals surface area contributed by atoms with Crippen LogP contribution in [-0.4, -0.2) is 304 Å². The predicted molar refractivity (Wildman–Crippen MR) is 305 cm³/mol. The van der Waals surface area contributed by atoms with Crippen molar-refractivity contribution in [2.45, 2.75) is 272 Å². The average molecular weight is 1330 g/mol. The molecule has 35 atom stereocenters. The molecule has 6 saturated heterocycles. The molecule has 30 heteroatoms. The van der Waals surface area contributed by atoms with Crippen molar-refractivity contribution in [2.75, 3.05) is 46.2 Å². The van der Waals surface area contributed by atoms with E-state index in [4.69, 9.17) is 56.8 Å². The number of allylic oxidation sites excluding steroid dienone is 2. The van der Waals surface area contributed by atoms with Crippen LogP contribution in [0.15, 0.2) is 11.6 Å². The molecule has 30 nitrogen and oxygen atoms in total. The molecular weight excluding hydrogens is 1220 g/mol. The Morgan fingerprint density at radius 2 is 1.13 bits per heavy atom. The van der Waals surface area contributed by atoms with E-state index >= 15 is 4.79 Å². The van der Waals surface area contributed by atoms with Gasteiger partial charge in [0, 0.05) is 5.41 Å². The largest absolute Gasteiger partial charge is 0.432 e. The Kier molecular flexibility index (Phi) is 20.4. The van der Waals surface area contributed by atoms with Crippen LogP contribution < -0.4 is 0 Å². The fraction of sp³-hybridized carbons (Fsp3) is 0.952. The molecular formula is C62H100O30. The molecule has 5 aliphatic carbocycles. The van der Waals surface area contributed by atoms with Crippen molar-refractivity contribution in [3.05, 3.63) is 11.6 Å². The van der Waals surface area contributed by atoms with Crippen molar-refractivity contribution in [1.82, 2.24) is 0 Å². The first-order valence-electron chi connectivity index (χ1n) is 32.5. The van der Waals surface area contributed by atoms with Crippen molar-refractivity contribution in [3.8, 4) is 0 Å². The normalized spacial score (nSPS) is 55.3. The smallest absolute Gasteiger partial charge is 0.315 e. The SMILES string of the molecule is C[C@@H]1O[C@@H](O[C@H]2[C@H](OC(=O)[C@]34CCC(C)(C)C[C@H]3C3=CC[C@@H]5[C@@]6(C)CC(O)C(O[C@@H]7O[C@H](CO)[C@@H](O)[C@H](O[C@@H]8OC[C@@H](O)[C@H](O)[C@H]8O)[C@H]7O)[C@@](C)(CO)[C@@H]6CC[C@@]5(C)[C@]3(C)CC4)OC[C@H](O)[C@@H]2O)[C@H](O)[C@H](O)[C@H]1O[C@@H]1OC[C@@H](O)[C@H](O[C@@H]2OC[C@](O)(CO)[C@H]2O)[C@H]1O. The van der Waals surface area contributed by atoms with Crippen molar-refractivity contribution < 1.29 is 148 Å². The van der Waals surface area contributed by atoms with Crippen LogP contribution >= 0.6 is 0 Å². The molecule has 0 bridgehead atoms. The Hall–Kier alpha value is -1.91. The lowest BCUT2D eigenvalue weighted by Gasteiger charge is -2.72. The van der Waals surface area contributed by atoms with Gasteiger partial charge in [-0.3, -0.25) is 4.79 Å². The zero-order chi connectivity index (χ0) is 66.9. The summed E-state index contributed by atoms with van der Waals surface area (Å²) in [6, 6.07) is 0. The van der Waals surface area contributed by atoms with E-state index in [1.54, 1.807) is 0 Å². The highest BCUT2D eigenvalue weighted by Crippen LogP contribution is 2.76. The number of aliphatic hydroxyl groups is 17. The van der Waals surface area contributed by atoms with Crippen molar-refractivity contribution in [1.29, 1.82) is 0 Å². The maximum Gasteiger partial charge on any atom is 0.315 e. The third-order valence-electron chi connectivity index (χ3n) is 24.3. The van der Waals surface area contributed by atoms with Gasteiger partial charge in [-0.05, 0) is 104 Å². The van der Waals surface area contributed by atoms with Gasteiger partial charge in [0.25, 0.3) is 0 Å². The van der Waals surface area contributed by atoms with E-state index < -0.39 is 245 Å². The molecule has 6 heterocycles. The standard InChI is InChI=1S/C62H100O30/c1-25-43(87-50-41(76)44(31(69)21-82-50)88-54-47(78)62(80,23-65)24-84-54)38(73)40(75)51(85-25)90-46-36(71)30(68)20-83-53(46)92-55(79)61-14-12-56(2,3)16-27(61)26-8-9-34-57(4)17-28(66)48(58(5,22-64)33(57)10-11-60(34,7)59(26,6)13-15-61)91-52-42(77)45(37(72)32(18-63)86-52)89-49-39(74)35(70)29(67)19-81-49/h8,25,27-54,63-78,80H,9-24H2,1-7H3/t25-,27-,28?,29+,30-,31+,32+,33+,34+,35-,36-,37+,38-,39+,40+,41+,42+,43-,44-,45-,46+,47-,48?,49-,50-,51-,52-,53-,54-,57-,58-,59+,60+,61-,62+/m0/s1. The van der Waals surface area contributed by atoms with Crippen molar-refractivity contribution >= 4 is 5.97 Å². The van der Waals surface area contributed by atoms with E-state index in [0.29, 0.717) is 51.4 Å². The molecule has 4 saturated carbocycles. The second kappa shape index (κ2) is 26.3. The van der Waals surface area contributed by atoms with E-state index in [0.717, 1.165) is 5.57 Å². The molecule has 528 valence electrons. The molecule has 6 aliphatic heterocycles. The molecule has 17 N–H and O–H groups in total. The second-order valence-corrected chi connectivity index (χ2v) is 30.2. The number of ether oxygens (including phenoxy) is 12. The summed E-state index contributed by atoms with van der Waals surface area (Å²) in [5, 5.41) is 187. The summed E-state index contributed by atoms with van der Waals surface area (Å²) in [6.45, 7) is 10.3. The first-order valence-corrected chi connectivity index (χ1v) is 32.5. The minimum atomic E-state index is -2.07. The van der Waals surface area contributed by atoms with Crippen molar-refractivity contribution in [3.63, 3.8) is 0 Å². The van der Waals surface area contributed by atoms with Crippen LogP contribution in [0.2, 0.25) is 0 Å². The monoisotopic (exact) mass is 1320 g/mol. The molecule has 92 heavy (non-hydrogen) atoms. The van der Waals surface area contributed by atoms with Gasteiger partial charge >= 0.3 is 5.97 Å². The molecule has 0 amide bonds. The maximum absolute atomic E-state index is 15.5. The lowest BCUT2D eigenvalue weighted by Crippen LogP contribution is -2.70. The summed E-state index contributed by atoms with van der Waals surface area (Å²) < 4.78 is 70.6. The summed E-state index contributed by atoms with van der Waals surface area (Å²) >= 11 is 0. The third kappa shape index (κ3) is 11.9.